The van der Waals surface area contributed by atoms with E-state index in [2.05, 4.69) is 10.2 Å². The Balaban J connectivity index is 2.31. The molecule has 0 radical (unpaired) electrons. The quantitative estimate of drug-likeness (QED) is 0.858. The highest BCUT2D eigenvalue weighted by Crippen LogP contribution is 2.32. The number of nitrogens with zero attached hydrogens (tertiary/aromatic N) is 3. The van der Waals surface area contributed by atoms with Crippen LogP contribution in [-0.4, -0.2) is 58.3 Å². The van der Waals surface area contributed by atoms with E-state index in [4.69, 9.17) is 11.6 Å². The molecule has 0 aliphatic carbocycles. The lowest BCUT2D eigenvalue weighted by molar-refractivity contribution is -0.132. The van der Waals surface area contributed by atoms with Crippen molar-refractivity contribution in [3.8, 4) is 0 Å². The molecular weight excluding hydrogens is 280 g/mol. The highest BCUT2D eigenvalue weighted by Gasteiger charge is 2.31. The van der Waals surface area contributed by atoms with Crippen LogP contribution in [0.3, 0.4) is 0 Å². The molecule has 2 rings (SSSR count). The Morgan fingerprint density at radius 2 is 2.25 bits per heavy atom. The Hall–Kier alpha value is -1.56. The summed E-state index contributed by atoms with van der Waals surface area (Å²) in [4.78, 5) is 27.4. The number of carbonyl (C=O) groups is 2. The normalized spacial score (nSPS) is 18.9. The molecule has 20 heavy (non-hydrogen) atoms. The standard InChI is InChI=1S/C13H19ClN4O2/c1-17(2)13(20)9-8-15-16-12(9)10-5-3-4-6-18(10)11(19)7-14/h8,10H,3-7H2,1-2H3,(H,15,16). The molecule has 2 heterocycles. The number of carbonyl (C=O) groups excluding carboxylic acids is 2. The molecule has 7 heteroatoms. The summed E-state index contributed by atoms with van der Waals surface area (Å²) >= 11 is 5.67. The number of piperidine rings is 1. The fourth-order valence-corrected chi connectivity index (χ4v) is 2.72. The summed E-state index contributed by atoms with van der Waals surface area (Å²) < 4.78 is 0. The van der Waals surface area contributed by atoms with Gasteiger partial charge in [0.2, 0.25) is 5.91 Å². The van der Waals surface area contributed by atoms with Crippen LogP contribution in [0.5, 0.6) is 0 Å². The van der Waals surface area contributed by atoms with Crippen molar-refractivity contribution in [2.75, 3.05) is 26.5 Å². The first-order valence-corrected chi connectivity index (χ1v) is 7.20. The summed E-state index contributed by atoms with van der Waals surface area (Å²) in [6.07, 6.45) is 4.32. The first-order chi connectivity index (χ1) is 9.56. The number of aromatic amines is 1. The van der Waals surface area contributed by atoms with Gasteiger partial charge >= 0.3 is 0 Å². The van der Waals surface area contributed by atoms with Crippen LogP contribution in [0.25, 0.3) is 0 Å². The van der Waals surface area contributed by atoms with Crippen molar-refractivity contribution >= 4 is 23.4 Å². The van der Waals surface area contributed by atoms with Gasteiger partial charge in [-0.15, -0.1) is 11.6 Å². The first-order valence-electron chi connectivity index (χ1n) is 6.66. The molecular formula is C13H19ClN4O2. The molecule has 1 unspecified atom stereocenters. The summed E-state index contributed by atoms with van der Waals surface area (Å²) in [5, 5.41) is 6.86. The van der Waals surface area contributed by atoms with E-state index < -0.39 is 0 Å². The van der Waals surface area contributed by atoms with Crippen molar-refractivity contribution in [1.29, 1.82) is 0 Å². The van der Waals surface area contributed by atoms with Crippen LogP contribution in [-0.2, 0) is 4.79 Å². The average molecular weight is 299 g/mol. The molecule has 0 bridgehead atoms. The summed E-state index contributed by atoms with van der Waals surface area (Å²) in [7, 11) is 3.39. The smallest absolute Gasteiger partial charge is 0.256 e. The van der Waals surface area contributed by atoms with E-state index >= 15 is 0 Å². The minimum Gasteiger partial charge on any atom is -0.345 e. The molecule has 6 nitrogen and oxygen atoms in total. The number of amides is 2. The second-order valence-electron chi connectivity index (χ2n) is 5.13. The predicted molar refractivity (Wildman–Crippen MR) is 75.6 cm³/mol. The molecule has 0 spiro atoms. The number of H-pyrrole nitrogens is 1. The molecule has 1 saturated heterocycles. The van der Waals surface area contributed by atoms with Crippen LogP contribution in [0.15, 0.2) is 6.20 Å². The second-order valence-corrected chi connectivity index (χ2v) is 5.40. The predicted octanol–water partition coefficient (Wildman–Crippen LogP) is 1.40. The monoisotopic (exact) mass is 298 g/mol. The van der Waals surface area contributed by atoms with Gasteiger partial charge in [0, 0.05) is 20.6 Å². The molecule has 2 amide bonds. The molecule has 1 aliphatic rings. The number of hydrogen-bond donors (Lipinski definition) is 1. The van der Waals surface area contributed by atoms with Crippen molar-refractivity contribution in [3.05, 3.63) is 17.5 Å². The number of rotatable bonds is 3. The third-order valence-electron chi connectivity index (χ3n) is 3.58. The average Bonchev–Trinajstić information content (AvgIpc) is 2.94. The van der Waals surface area contributed by atoms with E-state index in [0.717, 1.165) is 19.3 Å². The molecule has 1 atom stereocenters. The van der Waals surface area contributed by atoms with Crippen LogP contribution in [0.4, 0.5) is 0 Å². The van der Waals surface area contributed by atoms with Gasteiger partial charge in [-0.3, -0.25) is 14.7 Å². The van der Waals surface area contributed by atoms with E-state index in [0.29, 0.717) is 17.8 Å². The molecule has 1 aromatic heterocycles. The number of hydrogen-bond acceptors (Lipinski definition) is 3. The lowest BCUT2D eigenvalue weighted by Crippen LogP contribution is -2.40. The summed E-state index contributed by atoms with van der Waals surface area (Å²) in [6.45, 7) is 0.671. The van der Waals surface area contributed by atoms with Gasteiger partial charge < -0.3 is 9.80 Å². The van der Waals surface area contributed by atoms with Gasteiger partial charge in [-0.1, -0.05) is 0 Å². The molecule has 0 saturated carbocycles. The van der Waals surface area contributed by atoms with Crippen molar-refractivity contribution in [1.82, 2.24) is 20.0 Å². The summed E-state index contributed by atoms with van der Waals surface area (Å²) in [6, 6.07) is -0.142. The van der Waals surface area contributed by atoms with Gasteiger partial charge in [-0.25, -0.2) is 0 Å². The number of halogens is 1. The highest BCUT2D eigenvalue weighted by molar-refractivity contribution is 6.27. The Morgan fingerprint density at radius 3 is 2.90 bits per heavy atom. The number of likely N-dealkylation sites (tertiary alicyclic amines) is 1. The van der Waals surface area contributed by atoms with Crippen LogP contribution < -0.4 is 0 Å². The Morgan fingerprint density at radius 1 is 1.50 bits per heavy atom. The Kier molecular flexibility index (Phi) is 4.65. The van der Waals surface area contributed by atoms with Gasteiger partial charge in [-0.2, -0.15) is 5.10 Å². The maximum atomic E-state index is 12.2. The van der Waals surface area contributed by atoms with Gasteiger partial charge in [-0.05, 0) is 19.3 Å². The Labute approximate surface area is 123 Å². The molecule has 1 aromatic rings. The van der Waals surface area contributed by atoms with Crippen LogP contribution in [0.2, 0.25) is 0 Å². The highest BCUT2D eigenvalue weighted by atomic mass is 35.5. The van der Waals surface area contributed by atoms with Crippen molar-refractivity contribution < 1.29 is 9.59 Å². The van der Waals surface area contributed by atoms with E-state index in [-0.39, 0.29) is 23.7 Å². The summed E-state index contributed by atoms with van der Waals surface area (Å²) in [5.74, 6) is -0.256. The third-order valence-corrected chi connectivity index (χ3v) is 3.80. The molecule has 1 fully saturated rings. The zero-order chi connectivity index (χ0) is 14.7. The van der Waals surface area contributed by atoms with Crippen LogP contribution in [0.1, 0.15) is 41.4 Å². The van der Waals surface area contributed by atoms with Gasteiger partial charge in [0.1, 0.15) is 5.88 Å². The van der Waals surface area contributed by atoms with E-state index in [1.165, 1.54) is 11.1 Å². The van der Waals surface area contributed by atoms with Crippen LogP contribution >= 0.6 is 11.6 Å². The van der Waals surface area contributed by atoms with Gasteiger partial charge in [0.25, 0.3) is 5.91 Å². The lowest BCUT2D eigenvalue weighted by Gasteiger charge is -2.35. The summed E-state index contributed by atoms with van der Waals surface area (Å²) in [5.41, 5.74) is 1.23. The van der Waals surface area contributed by atoms with Crippen molar-refractivity contribution in [3.63, 3.8) is 0 Å². The van der Waals surface area contributed by atoms with Crippen molar-refractivity contribution in [2.24, 2.45) is 0 Å². The Bertz CT molecular complexity index is 500. The van der Waals surface area contributed by atoms with E-state index in [9.17, 15) is 9.59 Å². The third kappa shape index (κ3) is 2.80. The molecule has 1 N–H and O–H groups in total. The second kappa shape index (κ2) is 6.26. The topological polar surface area (TPSA) is 69.3 Å². The zero-order valence-corrected chi connectivity index (χ0v) is 12.5. The number of nitrogens with one attached hydrogen (secondary N) is 1. The van der Waals surface area contributed by atoms with Gasteiger partial charge in [0.15, 0.2) is 0 Å². The van der Waals surface area contributed by atoms with Crippen LogP contribution in [0, 0.1) is 0 Å². The zero-order valence-electron chi connectivity index (χ0n) is 11.7. The first kappa shape index (κ1) is 14.8. The lowest BCUT2D eigenvalue weighted by atomic mass is 9.96. The number of alkyl halides is 1. The fourth-order valence-electron chi connectivity index (χ4n) is 2.57. The molecule has 1 aliphatic heterocycles. The molecule has 0 aromatic carbocycles. The van der Waals surface area contributed by atoms with E-state index in [1.54, 1.807) is 19.0 Å². The minimum atomic E-state index is -0.142. The SMILES string of the molecule is CN(C)C(=O)c1cn[nH]c1C1CCCCN1C(=O)CCl. The van der Waals surface area contributed by atoms with Gasteiger partial charge in [0.05, 0.1) is 23.5 Å². The largest absolute Gasteiger partial charge is 0.345 e. The maximum Gasteiger partial charge on any atom is 0.256 e. The van der Waals surface area contributed by atoms with Crippen molar-refractivity contribution in [2.45, 2.75) is 25.3 Å². The molecule has 110 valence electrons. The van der Waals surface area contributed by atoms with E-state index in [1.807, 2.05) is 0 Å². The fraction of sp³-hybridized carbons (Fsp3) is 0.615. The maximum absolute atomic E-state index is 12.2. The number of aromatic nitrogens is 2. The minimum absolute atomic E-state index is 0.0401.